The highest BCUT2D eigenvalue weighted by Gasteiger charge is 2.41. The topological polar surface area (TPSA) is 29.3 Å². The zero-order valence-electron chi connectivity index (χ0n) is 9.79. The van der Waals surface area contributed by atoms with Crippen molar-refractivity contribution in [2.24, 2.45) is 11.7 Å². The van der Waals surface area contributed by atoms with Crippen molar-refractivity contribution in [1.82, 2.24) is 4.90 Å². The largest absolute Gasteiger partial charge is 0.325 e. The van der Waals surface area contributed by atoms with Crippen molar-refractivity contribution in [1.29, 1.82) is 0 Å². The van der Waals surface area contributed by atoms with Gasteiger partial charge in [-0.3, -0.25) is 0 Å². The van der Waals surface area contributed by atoms with Crippen molar-refractivity contribution >= 4 is 0 Å². The standard InChI is InChI=1S/C12H24N2/c1-9-6-11(7-10(2)14(9)3)8-12(13)4-5-12/h9-11H,4-8,13H2,1-3H3/t9-,10+,11?. The van der Waals surface area contributed by atoms with E-state index in [0.29, 0.717) is 0 Å². The second kappa shape index (κ2) is 3.49. The van der Waals surface area contributed by atoms with E-state index in [9.17, 15) is 0 Å². The van der Waals surface area contributed by atoms with Crippen LogP contribution in [-0.2, 0) is 0 Å². The van der Waals surface area contributed by atoms with E-state index in [4.69, 9.17) is 5.73 Å². The molecule has 3 atom stereocenters. The monoisotopic (exact) mass is 196 g/mol. The molecule has 1 aliphatic carbocycles. The molecule has 0 amide bonds. The highest BCUT2D eigenvalue weighted by atomic mass is 15.2. The third kappa shape index (κ3) is 2.12. The molecule has 1 saturated carbocycles. The van der Waals surface area contributed by atoms with E-state index in [1.807, 2.05) is 0 Å². The maximum absolute atomic E-state index is 6.19. The lowest BCUT2D eigenvalue weighted by molar-refractivity contribution is 0.0903. The Labute approximate surface area is 87.8 Å². The maximum Gasteiger partial charge on any atom is 0.0158 e. The minimum Gasteiger partial charge on any atom is -0.325 e. The van der Waals surface area contributed by atoms with Crippen molar-refractivity contribution in [3.05, 3.63) is 0 Å². The predicted molar refractivity (Wildman–Crippen MR) is 60.2 cm³/mol. The molecule has 0 spiro atoms. The first-order valence-corrected chi connectivity index (χ1v) is 6.01. The van der Waals surface area contributed by atoms with Crippen LogP contribution in [0.1, 0.15) is 46.0 Å². The Morgan fingerprint density at radius 3 is 2.14 bits per heavy atom. The zero-order chi connectivity index (χ0) is 10.3. The number of piperidine rings is 1. The molecule has 1 unspecified atom stereocenters. The van der Waals surface area contributed by atoms with Crippen LogP contribution in [0.2, 0.25) is 0 Å². The fraction of sp³-hybridized carbons (Fsp3) is 1.00. The molecule has 2 aliphatic rings. The lowest BCUT2D eigenvalue weighted by atomic mass is 9.83. The Balaban J connectivity index is 1.88. The van der Waals surface area contributed by atoms with Crippen LogP contribution in [0.4, 0.5) is 0 Å². The third-order valence-electron chi connectivity index (χ3n) is 4.33. The quantitative estimate of drug-likeness (QED) is 0.732. The van der Waals surface area contributed by atoms with Crippen molar-refractivity contribution in [3.63, 3.8) is 0 Å². The molecule has 0 radical (unpaired) electrons. The fourth-order valence-corrected chi connectivity index (χ4v) is 2.93. The van der Waals surface area contributed by atoms with Crippen LogP contribution in [0, 0.1) is 5.92 Å². The average molecular weight is 196 g/mol. The molecule has 1 aliphatic heterocycles. The molecule has 0 bridgehead atoms. The van der Waals surface area contributed by atoms with Gasteiger partial charge in [0.25, 0.3) is 0 Å². The van der Waals surface area contributed by atoms with Gasteiger partial charge in [-0.15, -0.1) is 0 Å². The molecule has 2 N–H and O–H groups in total. The van der Waals surface area contributed by atoms with Crippen LogP contribution in [0.25, 0.3) is 0 Å². The van der Waals surface area contributed by atoms with E-state index < -0.39 is 0 Å². The van der Waals surface area contributed by atoms with Crippen LogP contribution in [-0.4, -0.2) is 29.6 Å². The number of nitrogens with zero attached hydrogens (tertiary/aromatic N) is 1. The van der Waals surface area contributed by atoms with E-state index in [1.54, 1.807) is 0 Å². The zero-order valence-corrected chi connectivity index (χ0v) is 9.79. The Morgan fingerprint density at radius 1 is 1.21 bits per heavy atom. The molecule has 14 heavy (non-hydrogen) atoms. The summed E-state index contributed by atoms with van der Waals surface area (Å²) in [7, 11) is 2.25. The van der Waals surface area contributed by atoms with Gasteiger partial charge in [0, 0.05) is 17.6 Å². The van der Waals surface area contributed by atoms with Gasteiger partial charge in [0.15, 0.2) is 0 Å². The lowest BCUT2D eigenvalue weighted by Gasteiger charge is -2.41. The Kier molecular flexibility index (Phi) is 2.61. The predicted octanol–water partition coefficient (Wildman–Crippen LogP) is 1.99. The van der Waals surface area contributed by atoms with Gasteiger partial charge in [-0.1, -0.05) is 0 Å². The van der Waals surface area contributed by atoms with E-state index in [-0.39, 0.29) is 5.54 Å². The van der Waals surface area contributed by atoms with Gasteiger partial charge in [0.2, 0.25) is 0 Å². The summed E-state index contributed by atoms with van der Waals surface area (Å²) in [6, 6.07) is 1.48. The van der Waals surface area contributed by atoms with E-state index in [1.165, 1.54) is 32.1 Å². The lowest BCUT2D eigenvalue weighted by Crippen LogP contribution is -2.45. The highest BCUT2D eigenvalue weighted by molar-refractivity contribution is 5.01. The molecule has 1 heterocycles. The summed E-state index contributed by atoms with van der Waals surface area (Å²) in [6.07, 6.45) is 6.50. The smallest absolute Gasteiger partial charge is 0.0158 e. The first-order valence-electron chi connectivity index (χ1n) is 6.01. The molecule has 0 aromatic carbocycles. The first-order chi connectivity index (χ1) is 6.50. The molecule has 0 aromatic heterocycles. The second-order valence-corrected chi connectivity index (χ2v) is 5.77. The van der Waals surface area contributed by atoms with E-state index in [0.717, 1.165) is 18.0 Å². The van der Waals surface area contributed by atoms with Gasteiger partial charge in [-0.25, -0.2) is 0 Å². The molecule has 0 aromatic rings. The van der Waals surface area contributed by atoms with Gasteiger partial charge in [0.05, 0.1) is 0 Å². The third-order valence-corrected chi connectivity index (χ3v) is 4.33. The van der Waals surface area contributed by atoms with Crippen LogP contribution in [0.15, 0.2) is 0 Å². The fourth-order valence-electron chi connectivity index (χ4n) is 2.93. The van der Waals surface area contributed by atoms with Crippen LogP contribution < -0.4 is 5.73 Å². The molecule has 2 nitrogen and oxygen atoms in total. The highest BCUT2D eigenvalue weighted by Crippen LogP contribution is 2.42. The number of hydrogen-bond acceptors (Lipinski definition) is 2. The van der Waals surface area contributed by atoms with Gasteiger partial charge < -0.3 is 10.6 Å². The SMILES string of the molecule is C[C@@H]1CC(CC2(N)CC2)C[C@H](C)N1C. The molecule has 2 fully saturated rings. The number of hydrogen-bond donors (Lipinski definition) is 1. The van der Waals surface area contributed by atoms with Crippen molar-refractivity contribution < 1.29 is 0 Å². The maximum atomic E-state index is 6.19. The molecule has 2 heteroatoms. The molecule has 82 valence electrons. The summed E-state index contributed by atoms with van der Waals surface area (Å²) in [6.45, 7) is 4.69. The van der Waals surface area contributed by atoms with E-state index >= 15 is 0 Å². The minimum atomic E-state index is 0.250. The summed E-state index contributed by atoms with van der Waals surface area (Å²) in [4.78, 5) is 2.51. The second-order valence-electron chi connectivity index (χ2n) is 5.77. The van der Waals surface area contributed by atoms with E-state index in [2.05, 4.69) is 25.8 Å². The van der Waals surface area contributed by atoms with Crippen LogP contribution in [0.3, 0.4) is 0 Å². The number of rotatable bonds is 2. The summed E-state index contributed by atoms with van der Waals surface area (Å²) in [5.41, 5.74) is 6.44. The number of likely N-dealkylation sites (tertiary alicyclic amines) is 1. The average Bonchev–Trinajstić information content (AvgIpc) is 2.79. The molecule has 2 rings (SSSR count). The van der Waals surface area contributed by atoms with Gasteiger partial charge in [-0.2, -0.15) is 0 Å². The van der Waals surface area contributed by atoms with Gasteiger partial charge in [0.1, 0.15) is 0 Å². The van der Waals surface area contributed by atoms with Crippen LogP contribution >= 0.6 is 0 Å². The van der Waals surface area contributed by atoms with Gasteiger partial charge in [-0.05, 0) is 58.9 Å². The normalized spacial score (nSPS) is 42.4. The summed E-state index contributed by atoms with van der Waals surface area (Å²) >= 11 is 0. The van der Waals surface area contributed by atoms with Gasteiger partial charge >= 0.3 is 0 Å². The Hall–Kier alpha value is -0.0800. The Bertz CT molecular complexity index is 198. The molecule has 1 saturated heterocycles. The van der Waals surface area contributed by atoms with Crippen molar-refractivity contribution in [2.75, 3.05) is 7.05 Å². The van der Waals surface area contributed by atoms with Crippen molar-refractivity contribution in [2.45, 2.75) is 63.6 Å². The summed E-state index contributed by atoms with van der Waals surface area (Å²) in [5, 5.41) is 0. The Morgan fingerprint density at radius 2 is 1.71 bits per heavy atom. The summed E-state index contributed by atoms with van der Waals surface area (Å²) < 4.78 is 0. The molecular weight excluding hydrogens is 172 g/mol. The summed E-state index contributed by atoms with van der Waals surface area (Å²) in [5.74, 6) is 0.878. The molecular formula is C12H24N2. The minimum absolute atomic E-state index is 0.250. The van der Waals surface area contributed by atoms with Crippen LogP contribution in [0.5, 0.6) is 0 Å². The first kappa shape index (κ1) is 10.4. The van der Waals surface area contributed by atoms with Crippen molar-refractivity contribution in [3.8, 4) is 0 Å². The number of nitrogens with two attached hydrogens (primary N) is 1.